The van der Waals surface area contributed by atoms with Crippen molar-refractivity contribution in [2.75, 3.05) is 6.54 Å². The Hall–Kier alpha value is -2.59. The third kappa shape index (κ3) is 4.33. The van der Waals surface area contributed by atoms with Gasteiger partial charge in [0.05, 0.1) is 5.36 Å². The summed E-state index contributed by atoms with van der Waals surface area (Å²) >= 11 is 5.97. The zero-order valence-corrected chi connectivity index (χ0v) is 15.3. The lowest BCUT2D eigenvalue weighted by Gasteiger charge is -2.07. The van der Waals surface area contributed by atoms with Gasteiger partial charge in [-0.15, -0.1) is 0 Å². The van der Waals surface area contributed by atoms with Gasteiger partial charge in [-0.05, 0) is 61.2 Å². The van der Waals surface area contributed by atoms with Gasteiger partial charge in [0.15, 0.2) is 0 Å². The van der Waals surface area contributed by atoms with E-state index in [0.29, 0.717) is 23.7 Å². The Morgan fingerprint density at radius 3 is 2.62 bits per heavy atom. The van der Waals surface area contributed by atoms with Crippen LogP contribution in [0.3, 0.4) is 0 Å². The summed E-state index contributed by atoms with van der Waals surface area (Å²) in [5, 5.41) is 13.0. The van der Waals surface area contributed by atoms with Crippen molar-refractivity contribution >= 4 is 28.5 Å². The Morgan fingerprint density at radius 2 is 1.92 bits per heavy atom. The molecule has 0 radical (unpaired) electrons. The van der Waals surface area contributed by atoms with Crippen molar-refractivity contribution in [3.05, 3.63) is 64.5 Å². The molecule has 26 heavy (non-hydrogen) atoms. The molecule has 0 aliphatic heterocycles. The smallest absolute Gasteiger partial charge is 0.136 e. The molecule has 0 N–H and O–H groups in total. The second-order valence-electron chi connectivity index (χ2n) is 6.04. The number of carboxylic acids is 1. The molecule has 0 saturated carbocycles. The summed E-state index contributed by atoms with van der Waals surface area (Å²) < 4.78 is 6.07. The van der Waals surface area contributed by atoms with Gasteiger partial charge in [-0.1, -0.05) is 24.6 Å². The number of aliphatic carboxylic acids is 1. The Labute approximate surface area is 156 Å². The lowest BCUT2D eigenvalue weighted by Crippen LogP contribution is -2.21. The van der Waals surface area contributed by atoms with Crippen LogP contribution in [0.25, 0.3) is 22.3 Å². The molecule has 4 nitrogen and oxygen atoms in total. The Morgan fingerprint density at radius 1 is 1.15 bits per heavy atom. The number of rotatable bonds is 6. The van der Waals surface area contributed by atoms with E-state index in [1.165, 1.54) is 5.56 Å². The Kier molecular flexibility index (Phi) is 5.74. The fourth-order valence-corrected chi connectivity index (χ4v) is 2.87. The summed E-state index contributed by atoms with van der Waals surface area (Å²) in [6, 6.07) is 15.4. The largest absolute Gasteiger partial charge is 0.550 e. The van der Waals surface area contributed by atoms with E-state index >= 15 is 0 Å². The standard InChI is InChI=1S/C21H20ClNO3/c1-2-14-5-10-19-17(12-14)18(23-11-3-4-21(24)25)13-20(26-19)15-6-8-16(22)9-7-15/h5-10,12-13H,2-4,11H2,1H3,(H,24,25)/p-1. The van der Waals surface area contributed by atoms with Crippen LogP contribution in [-0.4, -0.2) is 12.5 Å². The highest BCUT2D eigenvalue weighted by Gasteiger charge is 2.07. The van der Waals surface area contributed by atoms with E-state index < -0.39 is 5.97 Å². The molecule has 1 aromatic heterocycles. The minimum atomic E-state index is -1.05. The topological polar surface area (TPSA) is 65.6 Å². The molecule has 3 aromatic rings. The number of nitrogens with zero attached hydrogens (tertiary/aromatic N) is 1. The van der Waals surface area contributed by atoms with Crippen molar-refractivity contribution in [2.45, 2.75) is 26.2 Å². The summed E-state index contributed by atoms with van der Waals surface area (Å²) in [4.78, 5) is 15.2. The lowest BCUT2D eigenvalue weighted by molar-refractivity contribution is -0.305. The number of benzene rings is 2. The van der Waals surface area contributed by atoms with E-state index in [9.17, 15) is 9.90 Å². The van der Waals surface area contributed by atoms with Crippen LogP contribution in [0.1, 0.15) is 25.3 Å². The zero-order chi connectivity index (χ0) is 18.5. The highest BCUT2D eigenvalue weighted by Crippen LogP contribution is 2.24. The quantitative estimate of drug-likeness (QED) is 0.622. The monoisotopic (exact) mass is 368 g/mol. The molecule has 2 aromatic carbocycles. The summed E-state index contributed by atoms with van der Waals surface area (Å²) in [6.45, 7) is 2.51. The van der Waals surface area contributed by atoms with Gasteiger partial charge in [0, 0.05) is 34.6 Å². The first-order chi connectivity index (χ1) is 12.6. The minimum absolute atomic E-state index is 0.00287. The summed E-state index contributed by atoms with van der Waals surface area (Å²) in [7, 11) is 0. The average Bonchev–Trinajstić information content (AvgIpc) is 2.65. The maximum Gasteiger partial charge on any atom is 0.136 e. The number of carbonyl (C=O) groups is 1. The van der Waals surface area contributed by atoms with Gasteiger partial charge in [0.2, 0.25) is 0 Å². The van der Waals surface area contributed by atoms with E-state index in [4.69, 9.17) is 16.0 Å². The van der Waals surface area contributed by atoms with Crippen molar-refractivity contribution in [1.29, 1.82) is 0 Å². The molecular weight excluding hydrogens is 350 g/mol. The normalized spacial score (nSPS) is 11.8. The summed E-state index contributed by atoms with van der Waals surface area (Å²) in [6.07, 6.45) is 1.36. The molecule has 134 valence electrons. The summed E-state index contributed by atoms with van der Waals surface area (Å²) in [5.74, 6) is -0.361. The van der Waals surface area contributed by atoms with Crippen LogP contribution in [0.5, 0.6) is 0 Å². The first-order valence-electron chi connectivity index (χ1n) is 8.60. The molecule has 0 aliphatic rings. The second-order valence-corrected chi connectivity index (χ2v) is 6.48. The highest BCUT2D eigenvalue weighted by molar-refractivity contribution is 6.30. The van der Waals surface area contributed by atoms with Crippen molar-refractivity contribution in [3.63, 3.8) is 0 Å². The van der Waals surface area contributed by atoms with Gasteiger partial charge in [-0.25, -0.2) is 0 Å². The molecule has 0 amide bonds. The van der Waals surface area contributed by atoms with Gasteiger partial charge in [0.25, 0.3) is 0 Å². The van der Waals surface area contributed by atoms with E-state index in [2.05, 4.69) is 18.0 Å². The number of halogens is 1. The van der Waals surface area contributed by atoms with Gasteiger partial charge in [-0.3, -0.25) is 4.99 Å². The number of hydrogen-bond donors (Lipinski definition) is 0. The average molecular weight is 369 g/mol. The predicted molar refractivity (Wildman–Crippen MR) is 101 cm³/mol. The van der Waals surface area contributed by atoms with Crippen LogP contribution < -0.4 is 10.5 Å². The van der Waals surface area contributed by atoms with Gasteiger partial charge < -0.3 is 14.3 Å². The molecule has 0 fully saturated rings. The van der Waals surface area contributed by atoms with Crippen molar-refractivity contribution < 1.29 is 14.3 Å². The van der Waals surface area contributed by atoms with Crippen LogP contribution in [0.15, 0.2) is 57.9 Å². The zero-order valence-electron chi connectivity index (χ0n) is 14.5. The molecule has 0 atom stereocenters. The maximum absolute atomic E-state index is 10.6. The van der Waals surface area contributed by atoms with Gasteiger partial charge in [-0.2, -0.15) is 0 Å². The van der Waals surface area contributed by atoms with Crippen LogP contribution >= 0.6 is 11.6 Å². The SMILES string of the molecule is CCc1ccc2oc(-c3ccc(Cl)cc3)cc(=NCCCC(=O)[O-])c2c1. The highest BCUT2D eigenvalue weighted by atomic mass is 35.5. The molecule has 0 spiro atoms. The maximum atomic E-state index is 10.6. The fraction of sp³-hybridized carbons (Fsp3) is 0.238. The van der Waals surface area contributed by atoms with E-state index in [1.807, 2.05) is 42.5 Å². The number of hydrogen-bond acceptors (Lipinski definition) is 4. The molecule has 0 unspecified atom stereocenters. The first-order valence-corrected chi connectivity index (χ1v) is 8.97. The molecular formula is C21H19ClNO3-. The van der Waals surface area contributed by atoms with Crippen molar-refractivity contribution in [3.8, 4) is 11.3 Å². The Balaban J connectivity index is 2.09. The van der Waals surface area contributed by atoms with E-state index in [1.54, 1.807) is 0 Å². The van der Waals surface area contributed by atoms with Crippen molar-refractivity contribution in [1.82, 2.24) is 0 Å². The van der Waals surface area contributed by atoms with E-state index in [0.717, 1.165) is 28.3 Å². The first kappa shape index (κ1) is 18.2. The minimum Gasteiger partial charge on any atom is -0.550 e. The van der Waals surface area contributed by atoms with Gasteiger partial charge in [0.1, 0.15) is 11.3 Å². The summed E-state index contributed by atoms with van der Waals surface area (Å²) in [5.41, 5.74) is 2.84. The lowest BCUT2D eigenvalue weighted by atomic mass is 10.1. The fourth-order valence-electron chi connectivity index (χ4n) is 2.75. The van der Waals surface area contributed by atoms with Crippen LogP contribution in [-0.2, 0) is 11.2 Å². The molecule has 0 bridgehead atoms. The Bertz CT molecular complexity index is 990. The molecule has 5 heteroatoms. The van der Waals surface area contributed by atoms with Crippen LogP contribution in [0.2, 0.25) is 5.02 Å². The van der Waals surface area contributed by atoms with E-state index in [-0.39, 0.29) is 6.42 Å². The van der Waals surface area contributed by atoms with Crippen molar-refractivity contribution in [2.24, 2.45) is 4.99 Å². The van der Waals surface area contributed by atoms with Crippen LogP contribution in [0.4, 0.5) is 0 Å². The number of carbonyl (C=O) groups excluding carboxylic acids is 1. The second kappa shape index (κ2) is 8.19. The molecule has 0 aliphatic carbocycles. The third-order valence-electron chi connectivity index (χ3n) is 4.17. The number of carboxylic acid groups (broad SMARTS) is 1. The predicted octanol–water partition coefficient (Wildman–Crippen LogP) is 3.75. The number of fused-ring (bicyclic) bond motifs is 1. The van der Waals surface area contributed by atoms with Gasteiger partial charge >= 0.3 is 0 Å². The third-order valence-corrected chi connectivity index (χ3v) is 4.42. The molecule has 0 saturated heterocycles. The molecule has 3 rings (SSSR count). The van der Waals surface area contributed by atoms with Crippen LogP contribution in [0, 0.1) is 0 Å². The number of aryl methyl sites for hydroxylation is 1. The molecule has 1 heterocycles.